The molecule has 1 heterocycles. The summed E-state index contributed by atoms with van der Waals surface area (Å²) in [7, 11) is 0. The zero-order chi connectivity index (χ0) is 14.3. The van der Waals surface area contributed by atoms with Gasteiger partial charge in [0.05, 0.1) is 0 Å². The quantitative estimate of drug-likeness (QED) is 0.668. The molecule has 0 saturated carbocycles. The van der Waals surface area contributed by atoms with Gasteiger partial charge in [-0.3, -0.25) is 9.59 Å². The number of carboxylic acids is 1. The second-order valence-corrected chi connectivity index (χ2v) is 5.86. The normalized spacial score (nSPS) is 17.4. The molecule has 0 aromatic rings. The van der Waals surface area contributed by atoms with Crippen LogP contribution in [0.1, 0.15) is 39.5 Å². The lowest BCUT2D eigenvalue weighted by atomic mass is 9.93. The van der Waals surface area contributed by atoms with Crippen LogP contribution < -0.4 is 10.6 Å². The number of nitrogens with one attached hydrogen (secondary N) is 2. The van der Waals surface area contributed by atoms with E-state index < -0.39 is 5.97 Å². The Kier molecular flexibility index (Phi) is 9.59. The van der Waals surface area contributed by atoms with Crippen LogP contribution in [0.3, 0.4) is 0 Å². The third-order valence-corrected chi connectivity index (χ3v) is 3.54. The van der Waals surface area contributed by atoms with Gasteiger partial charge in [-0.25, -0.2) is 0 Å². The molecular weight excluding hydrogens is 280 g/mol. The molecule has 0 bridgehead atoms. The summed E-state index contributed by atoms with van der Waals surface area (Å²) in [5, 5.41) is 15.1. The lowest BCUT2D eigenvalue weighted by Crippen LogP contribution is -2.40. The van der Waals surface area contributed by atoms with Crippen LogP contribution in [0.15, 0.2) is 0 Å². The smallest absolute Gasteiger partial charge is 0.303 e. The van der Waals surface area contributed by atoms with Crippen molar-refractivity contribution in [3.05, 3.63) is 0 Å². The maximum absolute atomic E-state index is 12.0. The lowest BCUT2D eigenvalue weighted by Gasteiger charge is -2.23. The molecule has 0 radical (unpaired) electrons. The molecular formula is C14H27ClN2O3. The van der Waals surface area contributed by atoms with Crippen molar-refractivity contribution in [3.8, 4) is 0 Å². The van der Waals surface area contributed by atoms with Crippen molar-refractivity contribution in [1.29, 1.82) is 0 Å². The average Bonchev–Trinajstić information content (AvgIpc) is 2.35. The van der Waals surface area contributed by atoms with Gasteiger partial charge in [-0.1, -0.05) is 13.8 Å². The highest BCUT2D eigenvalue weighted by atomic mass is 35.5. The van der Waals surface area contributed by atoms with Crippen LogP contribution in [0.25, 0.3) is 0 Å². The Balaban J connectivity index is 0.00000361. The van der Waals surface area contributed by atoms with Crippen molar-refractivity contribution in [2.24, 2.45) is 17.8 Å². The molecule has 1 fully saturated rings. The number of aliphatic carboxylic acids is 1. The van der Waals surface area contributed by atoms with Gasteiger partial charge in [0.15, 0.2) is 0 Å². The maximum Gasteiger partial charge on any atom is 0.303 e. The van der Waals surface area contributed by atoms with Crippen molar-refractivity contribution in [1.82, 2.24) is 10.6 Å². The minimum atomic E-state index is -0.790. The summed E-state index contributed by atoms with van der Waals surface area (Å²) < 4.78 is 0. The van der Waals surface area contributed by atoms with Gasteiger partial charge in [-0.15, -0.1) is 12.4 Å². The van der Waals surface area contributed by atoms with Crippen molar-refractivity contribution >= 4 is 24.3 Å². The monoisotopic (exact) mass is 306 g/mol. The minimum absolute atomic E-state index is 0. The Labute approximate surface area is 127 Å². The third-order valence-electron chi connectivity index (χ3n) is 3.54. The standard InChI is InChI=1S/C14H26N2O3.ClH/c1-10(2)7-11(8-13(17)18)9-16-14(19)12-3-5-15-6-4-12;/h10-12,15H,3-9H2,1-2H3,(H,16,19)(H,17,18);1H. The van der Waals surface area contributed by atoms with Gasteiger partial charge in [0.1, 0.15) is 0 Å². The highest BCUT2D eigenvalue weighted by Crippen LogP contribution is 2.16. The van der Waals surface area contributed by atoms with E-state index >= 15 is 0 Å². The fourth-order valence-corrected chi connectivity index (χ4v) is 2.63. The fourth-order valence-electron chi connectivity index (χ4n) is 2.63. The lowest BCUT2D eigenvalue weighted by molar-refractivity contribution is -0.138. The van der Waals surface area contributed by atoms with Crippen LogP contribution in [0.2, 0.25) is 0 Å². The molecule has 0 spiro atoms. The van der Waals surface area contributed by atoms with Crippen LogP contribution in [-0.4, -0.2) is 36.6 Å². The summed E-state index contributed by atoms with van der Waals surface area (Å²) in [6.45, 7) is 6.41. The third kappa shape index (κ3) is 7.70. The SMILES string of the molecule is CC(C)CC(CNC(=O)C1CCNCC1)CC(=O)O.Cl. The molecule has 1 amide bonds. The van der Waals surface area contributed by atoms with E-state index in [0.717, 1.165) is 32.4 Å². The highest BCUT2D eigenvalue weighted by molar-refractivity contribution is 5.85. The van der Waals surface area contributed by atoms with E-state index in [1.165, 1.54) is 0 Å². The largest absolute Gasteiger partial charge is 0.481 e. The first-order valence-corrected chi connectivity index (χ1v) is 7.19. The molecule has 3 N–H and O–H groups in total. The molecule has 1 aliphatic heterocycles. The summed E-state index contributed by atoms with van der Waals surface area (Å²) in [6, 6.07) is 0. The van der Waals surface area contributed by atoms with Gasteiger partial charge in [0.2, 0.25) is 5.91 Å². The highest BCUT2D eigenvalue weighted by Gasteiger charge is 2.22. The summed E-state index contributed by atoms with van der Waals surface area (Å²) in [5.74, 6) is -0.142. The second-order valence-electron chi connectivity index (χ2n) is 5.86. The maximum atomic E-state index is 12.0. The van der Waals surface area contributed by atoms with Crippen LogP contribution >= 0.6 is 12.4 Å². The van der Waals surface area contributed by atoms with E-state index in [-0.39, 0.29) is 36.6 Å². The Morgan fingerprint density at radius 1 is 1.30 bits per heavy atom. The molecule has 1 atom stereocenters. The second kappa shape index (κ2) is 10.00. The number of amides is 1. The van der Waals surface area contributed by atoms with E-state index in [1.54, 1.807) is 0 Å². The number of rotatable bonds is 7. The summed E-state index contributed by atoms with van der Waals surface area (Å²) >= 11 is 0. The van der Waals surface area contributed by atoms with Gasteiger partial charge >= 0.3 is 5.97 Å². The Morgan fingerprint density at radius 2 is 1.90 bits per heavy atom. The van der Waals surface area contributed by atoms with Crippen LogP contribution in [-0.2, 0) is 9.59 Å². The molecule has 0 aromatic heterocycles. The predicted octanol–water partition coefficient (Wildman–Crippen LogP) is 1.66. The topological polar surface area (TPSA) is 78.4 Å². The number of halogens is 1. The molecule has 1 aliphatic rings. The van der Waals surface area contributed by atoms with Crippen molar-refractivity contribution in [2.45, 2.75) is 39.5 Å². The van der Waals surface area contributed by atoms with Crippen molar-refractivity contribution < 1.29 is 14.7 Å². The number of carbonyl (C=O) groups is 2. The van der Waals surface area contributed by atoms with Crippen LogP contribution in [0, 0.1) is 17.8 Å². The van der Waals surface area contributed by atoms with Crippen molar-refractivity contribution in [3.63, 3.8) is 0 Å². The molecule has 118 valence electrons. The first-order valence-electron chi connectivity index (χ1n) is 7.19. The number of hydrogen-bond acceptors (Lipinski definition) is 3. The van der Waals surface area contributed by atoms with Gasteiger partial charge in [-0.05, 0) is 44.2 Å². The van der Waals surface area contributed by atoms with Gasteiger partial charge in [0, 0.05) is 18.9 Å². The van der Waals surface area contributed by atoms with Gasteiger partial charge < -0.3 is 15.7 Å². The van der Waals surface area contributed by atoms with E-state index in [4.69, 9.17) is 5.11 Å². The zero-order valence-corrected chi connectivity index (χ0v) is 13.2. The molecule has 1 saturated heterocycles. The summed E-state index contributed by atoms with van der Waals surface area (Å²) in [5.41, 5.74) is 0. The van der Waals surface area contributed by atoms with E-state index in [9.17, 15) is 9.59 Å². The Hall–Kier alpha value is -0.810. The van der Waals surface area contributed by atoms with Gasteiger partial charge in [0.25, 0.3) is 0 Å². The minimum Gasteiger partial charge on any atom is -0.481 e. The van der Waals surface area contributed by atoms with Crippen LogP contribution in [0.5, 0.6) is 0 Å². The van der Waals surface area contributed by atoms with E-state index in [2.05, 4.69) is 24.5 Å². The average molecular weight is 307 g/mol. The molecule has 1 unspecified atom stereocenters. The number of carbonyl (C=O) groups excluding carboxylic acids is 1. The predicted molar refractivity (Wildman–Crippen MR) is 81.0 cm³/mol. The molecule has 1 rings (SSSR count). The van der Waals surface area contributed by atoms with Gasteiger partial charge in [-0.2, -0.15) is 0 Å². The first kappa shape index (κ1) is 19.2. The molecule has 5 nitrogen and oxygen atoms in total. The van der Waals surface area contributed by atoms with Crippen LogP contribution in [0.4, 0.5) is 0 Å². The number of hydrogen-bond donors (Lipinski definition) is 3. The summed E-state index contributed by atoms with van der Waals surface area (Å²) in [6.07, 6.45) is 2.71. The van der Waals surface area contributed by atoms with E-state index in [1.807, 2.05) is 0 Å². The van der Waals surface area contributed by atoms with Crippen molar-refractivity contribution in [2.75, 3.05) is 19.6 Å². The number of carboxylic acid groups (broad SMARTS) is 1. The molecule has 0 aromatic carbocycles. The molecule has 20 heavy (non-hydrogen) atoms. The first-order chi connectivity index (χ1) is 8.99. The summed E-state index contributed by atoms with van der Waals surface area (Å²) in [4.78, 5) is 22.8. The number of piperidine rings is 1. The fraction of sp³-hybridized carbons (Fsp3) is 0.857. The molecule has 0 aliphatic carbocycles. The van der Waals surface area contributed by atoms with E-state index in [0.29, 0.717) is 12.5 Å². The molecule has 6 heteroatoms. The Bertz CT molecular complexity index is 305. The zero-order valence-electron chi connectivity index (χ0n) is 12.4. The Morgan fingerprint density at radius 3 is 2.40 bits per heavy atom.